The minimum Gasteiger partial charge on any atom is -0.393 e. The van der Waals surface area contributed by atoms with Crippen molar-refractivity contribution in [2.45, 2.75) is 33.3 Å². The molecule has 0 saturated carbocycles. The minimum absolute atomic E-state index is 0.160. The molecule has 4 heteroatoms. The van der Waals surface area contributed by atoms with Crippen molar-refractivity contribution in [2.75, 3.05) is 6.54 Å². The Morgan fingerprint density at radius 2 is 1.95 bits per heavy atom. The maximum absolute atomic E-state index is 11.9. The Morgan fingerprint density at radius 3 is 2.42 bits per heavy atom. The van der Waals surface area contributed by atoms with Crippen molar-refractivity contribution in [3.8, 4) is 0 Å². The number of hydrogen-bond acceptors (Lipinski definition) is 3. The first kappa shape index (κ1) is 15.4. The first-order valence-electron chi connectivity index (χ1n) is 6.35. The molecule has 104 valence electrons. The topological polar surface area (TPSA) is 66.4 Å². The molecular formula is C15H21NO3. The zero-order valence-corrected chi connectivity index (χ0v) is 11.6. The van der Waals surface area contributed by atoms with Gasteiger partial charge < -0.3 is 10.4 Å². The summed E-state index contributed by atoms with van der Waals surface area (Å²) >= 11 is 0. The van der Waals surface area contributed by atoms with Crippen molar-refractivity contribution >= 4 is 12.2 Å². The average molecular weight is 263 g/mol. The lowest BCUT2D eigenvalue weighted by Gasteiger charge is -2.26. The van der Waals surface area contributed by atoms with E-state index in [1.165, 1.54) is 0 Å². The second-order valence-electron chi connectivity index (χ2n) is 5.64. The zero-order valence-electron chi connectivity index (χ0n) is 11.6. The van der Waals surface area contributed by atoms with E-state index in [4.69, 9.17) is 0 Å². The lowest BCUT2D eigenvalue weighted by molar-refractivity contribution is 0.0901. The Hall–Kier alpha value is -1.68. The van der Waals surface area contributed by atoms with E-state index in [0.717, 1.165) is 6.29 Å². The number of rotatable bonds is 6. The van der Waals surface area contributed by atoms with Gasteiger partial charge >= 0.3 is 0 Å². The van der Waals surface area contributed by atoms with Gasteiger partial charge in [-0.1, -0.05) is 26.0 Å². The lowest BCUT2D eigenvalue weighted by atomic mass is 9.87. The van der Waals surface area contributed by atoms with Crippen LogP contribution in [0.2, 0.25) is 0 Å². The highest BCUT2D eigenvalue weighted by Crippen LogP contribution is 2.21. The summed E-state index contributed by atoms with van der Waals surface area (Å²) in [7, 11) is 0. The summed E-state index contributed by atoms with van der Waals surface area (Å²) in [5.74, 6) is -0.170. The summed E-state index contributed by atoms with van der Waals surface area (Å²) in [5.41, 5.74) is 0.913. The summed E-state index contributed by atoms with van der Waals surface area (Å²) < 4.78 is 0. The maximum Gasteiger partial charge on any atom is 0.251 e. The van der Waals surface area contributed by atoms with Crippen molar-refractivity contribution in [3.05, 3.63) is 35.4 Å². The van der Waals surface area contributed by atoms with E-state index in [-0.39, 0.29) is 11.3 Å². The molecule has 1 rings (SSSR count). The molecule has 4 nitrogen and oxygen atoms in total. The van der Waals surface area contributed by atoms with Crippen LogP contribution in [0, 0.1) is 5.41 Å². The fourth-order valence-corrected chi connectivity index (χ4v) is 2.01. The van der Waals surface area contributed by atoms with Gasteiger partial charge in [-0.15, -0.1) is 0 Å². The molecule has 0 spiro atoms. The van der Waals surface area contributed by atoms with Gasteiger partial charge in [0.1, 0.15) is 6.29 Å². The smallest absolute Gasteiger partial charge is 0.251 e. The number of carbonyl (C=O) groups is 2. The molecule has 1 aromatic carbocycles. The molecule has 0 aliphatic rings. The molecule has 0 saturated heterocycles. The van der Waals surface area contributed by atoms with E-state index in [2.05, 4.69) is 5.32 Å². The second-order valence-corrected chi connectivity index (χ2v) is 5.64. The highest BCUT2D eigenvalue weighted by Gasteiger charge is 2.21. The Balaban J connectivity index is 2.57. The lowest BCUT2D eigenvalue weighted by Crippen LogP contribution is -2.35. The molecule has 0 radical (unpaired) electrons. The molecule has 1 unspecified atom stereocenters. The quantitative estimate of drug-likeness (QED) is 0.772. The predicted octanol–water partition coefficient (Wildman–Crippen LogP) is 2.03. The summed E-state index contributed by atoms with van der Waals surface area (Å²) in [6.45, 7) is 6.22. The van der Waals surface area contributed by atoms with Gasteiger partial charge in [0.15, 0.2) is 0 Å². The van der Waals surface area contributed by atoms with Gasteiger partial charge in [0.05, 0.1) is 6.10 Å². The Kier molecular flexibility index (Phi) is 5.24. The predicted molar refractivity (Wildman–Crippen MR) is 74.2 cm³/mol. The number of hydrogen-bond donors (Lipinski definition) is 2. The van der Waals surface area contributed by atoms with Gasteiger partial charge in [-0.2, -0.15) is 0 Å². The third kappa shape index (κ3) is 5.22. The van der Waals surface area contributed by atoms with E-state index >= 15 is 0 Å². The van der Waals surface area contributed by atoms with Gasteiger partial charge in [-0.05, 0) is 30.9 Å². The number of carbonyl (C=O) groups excluding carboxylic acids is 2. The van der Waals surface area contributed by atoms with Crippen molar-refractivity contribution in [3.63, 3.8) is 0 Å². The molecule has 1 amide bonds. The van der Waals surface area contributed by atoms with Gasteiger partial charge in [0, 0.05) is 17.7 Å². The van der Waals surface area contributed by atoms with E-state index in [9.17, 15) is 14.7 Å². The summed E-state index contributed by atoms with van der Waals surface area (Å²) in [6, 6.07) is 6.48. The SMILES string of the molecule is CC(O)CC(C)(C)CNC(=O)c1ccc(C=O)cc1. The van der Waals surface area contributed by atoms with Crippen LogP contribution in [-0.4, -0.2) is 29.9 Å². The number of aliphatic hydroxyl groups is 1. The average Bonchev–Trinajstić information content (AvgIpc) is 2.34. The number of amides is 1. The van der Waals surface area contributed by atoms with Crippen LogP contribution in [0.15, 0.2) is 24.3 Å². The van der Waals surface area contributed by atoms with Gasteiger partial charge in [-0.25, -0.2) is 0 Å². The van der Waals surface area contributed by atoms with E-state index in [1.54, 1.807) is 31.2 Å². The largest absolute Gasteiger partial charge is 0.393 e. The number of aliphatic hydroxyl groups excluding tert-OH is 1. The maximum atomic E-state index is 11.9. The third-order valence-electron chi connectivity index (χ3n) is 2.88. The summed E-state index contributed by atoms with van der Waals surface area (Å²) in [4.78, 5) is 22.4. The van der Waals surface area contributed by atoms with Crippen LogP contribution in [0.4, 0.5) is 0 Å². The number of nitrogens with one attached hydrogen (secondary N) is 1. The summed E-state index contributed by atoms with van der Waals surface area (Å²) in [5, 5.41) is 12.2. The van der Waals surface area contributed by atoms with Crippen molar-refractivity contribution in [1.29, 1.82) is 0 Å². The standard InChI is InChI=1S/C15H21NO3/c1-11(18)8-15(2,3)10-16-14(19)13-6-4-12(9-17)5-7-13/h4-7,9,11,18H,8,10H2,1-3H3,(H,16,19). The molecule has 2 N–H and O–H groups in total. The zero-order chi connectivity index (χ0) is 14.5. The van der Waals surface area contributed by atoms with E-state index < -0.39 is 6.10 Å². The Morgan fingerprint density at radius 1 is 1.37 bits per heavy atom. The fourth-order valence-electron chi connectivity index (χ4n) is 2.01. The summed E-state index contributed by atoms with van der Waals surface area (Å²) in [6.07, 6.45) is 0.976. The van der Waals surface area contributed by atoms with Crippen LogP contribution in [0.3, 0.4) is 0 Å². The van der Waals surface area contributed by atoms with Crippen LogP contribution in [-0.2, 0) is 0 Å². The minimum atomic E-state index is -0.390. The van der Waals surface area contributed by atoms with Crippen molar-refractivity contribution in [2.24, 2.45) is 5.41 Å². The molecule has 0 fully saturated rings. The van der Waals surface area contributed by atoms with E-state index in [1.807, 2.05) is 13.8 Å². The van der Waals surface area contributed by atoms with Crippen LogP contribution in [0.25, 0.3) is 0 Å². The fraction of sp³-hybridized carbons (Fsp3) is 0.467. The number of benzene rings is 1. The normalized spacial score (nSPS) is 12.8. The highest BCUT2D eigenvalue weighted by molar-refractivity contribution is 5.94. The van der Waals surface area contributed by atoms with Crippen LogP contribution in [0.5, 0.6) is 0 Å². The monoisotopic (exact) mass is 263 g/mol. The van der Waals surface area contributed by atoms with Crippen LogP contribution >= 0.6 is 0 Å². The van der Waals surface area contributed by atoms with Crippen molar-refractivity contribution in [1.82, 2.24) is 5.32 Å². The molecule has 0 aliphatic carbocycles. The molecule has 1 aromatic rings. The highest BCUT2D eigenvalue weighted by atomic mass is 16.3. The first-order chi connectivity index (χ1) is 8.84. The van der Waals surface area contributed by atoms with Gasteiger partial charge in [0.25, 0.3) is 5.91 Å². The number of aldehydes is 1. The molecule has 1 atom stereocenters. The Labute approximate surface area is 113 Å². The molecule has 0 bridgehead atoms. The van der Waals surface area contributed by atoms with Gasteiger partial charge in [0.2, 0.25) is 0 Å². The third-order valence-corrected chi connectivity index (χ3v) is 2.88. The van der Waals surface area contributed by atoms with Crippen LogP contribution in [0.1, 0.15) is 47.9 Å². The van der Waals surface area contributed by atoms with Crippen LogP contribution < -0.4 is 5.32 Å². The first-order valence-corrected chi connectivity index (χ1v) is 6.35. The molecule has 0 aromatic heterocycles. The molecular weight excluding hydrogens is 242 g/mol. The van der Waals surface area contributed by atoms with Gasteiger partial charge in [-0.3, -0.25) is 9.59 Å². The van der Waals surface area contributed by atoms with Crippen molar-refractivity contribution < 1.29 is 14.7 Å². The van der Waals surface area contributed by atoms with E-state index in [0.29, 0.717) is 24.1 Å². The molecule has 19 heavy (non-hydrogen) atoms. The molecule has 0 aliphatic heterocycles. The second kappa shape index (κ2) is 6.48. The Bertz CT molecular complexity index is 435. The molecule has 0 heterocycles.